The third kappa shape index (κ3) is 4.13. The van der Waals surface area contributed by atoms with E-state index < -0.39 is 12.1 Å². The monoisotopic (exact) mass is 271 g/mol. The number of carbonyl (C=O) groups excluding carboxylic acids is 1. The van der Waals surface area contributed by atoms with E-state index in [1.807, 2.05) is 6.07 Å². The van der Waals surface area contributed by atoms with Crippen LogP contribution < -0.4 is 10.1 Å². The van der Waals surface area contributed by atoms with E-state index in [1.54, 1.807) is 48.5 Å². The average molecular weight is 271 g/mol. The van der Waals surface area contributed by atoms with E-state index in [2.05, 4.69) is 5.32 Å². The molecule has 0 radical (unpaired) electrons. The molecule has 0 saturated carbocycles. The van der Waals surface area contributed by atoms with Crippen LogP contribution in [0.2, 0.25) is 0 Å². The Hall–Kier alpha value is -2.82. The summed E-state index contributed by atoms with van der Waals surface area (Å²) in [7, 11) is 0. The highest BCUT2D eigenvalue weighted by atomic mass is 16.6. The molecule has 5 nitrogen and oxygen atoms in total. The Labute approximate surface area is 115 Å². The molecule has 0 saturated heterocycles. The van der Waals surface area contributed by atoms with Crippen molar-refractivity contribution in [1.82, 2.24) is 0 Å². The van der Waals surface area contributed by atoms with E-state index in [4.69, 9.17) is 9.84 Å². The molecule has 0 unspecified atom stereocenters. The molecule has 0 fully saturated rings. The smallest absolute Gasteiger partial charge is 0.417 e. The van der Waals surface area contributed by atoms with E-state index in [1.165, 1.54) is 0 Å². The fraction of sp³-hybridized carbons (Fsp3) is 0.0667. The fourth-order valence-electron chi connectivity index (χ4n) is 1.62. The molecule has 2 aromatic rings. The highest BCUT2D eigenvalue weighted by Crippen LogP contribution is 2.13. The molecular formula is C15H13NO4. The highest BCUT2D eigenvalue weighted by molar-refractivity contribution is 5.86. The molecule has 0 heterocycles. The molecule has 102 valence electrons. The van der Waals surface area contributed by atoms with Crippen LogP contribution in [-0.2, 0) is 11.2 Å². The predicted molar refractivity (Wildman–Crippen MR) is 73.9 cm³/mol. The second kappa shape index (κ2) is 6.38. The van der Waals surface area contributed by atoms with Crippen molar-refractivity contribution >= 4 is 17.7 Å². The Bertz CT molecular complexity index is 593. The van der Waals surface area contributed by atoms with Crippen LogP contribution in [0.1, 0.15) is 5.56 Å². The first-order chi connectivity index (χ1) is 9.63. The Kier molecular flexibility index (Phi) is 4.34. The second-order valence-corrected chi connectivity index (χ2v) is 4.10. The largest absolute Gasteiger partial charge is 0.481 e. The van der Waals surface area contributed by atoms with Gasteiger partial charge < -0.3 is 9.84 Å². The molecule has 20 heavy (non-hydrogen) atoms. The number of para-hydroxylation sites is 1. The number of hydrogen-bond acceptors (Lipinski definition) is 3. The number of aliphatic carboxylic acids is 1. The maximum atomic E-state index is 11.6. The number of benzene rings is 2. The van der Waals surface area contributed by atoms with E-state index in [0.717, 1.165) is 0 Å². The third-order valence-corrected chi connectivity index (χ3v) is 2.51. The van der Waals surface area contributed by atoms with Crippen LogP contribution in [0.3, 0.4) is 0 Å². The summed E-state index contributed by atoms with van der Waals surface area (Å²) in [6.07, 6.45) is -0.642. The standard InChI is InChI=1S/C15H13NO4/c17-14(18)10-11-6-8-12(9-7-11)16-15(19)20-13-4-2-1-3-5-13/h1-9H,10H2,(H,16,19)(H,17,18). The predicted octanol–water partition coefficient (Wildman–Crippen LogP) is 2.92. The van der Waals surface area contributed by atoms with E-state index in [0.29, 0.717) is 17.0 Å². The Morgan fingerprint density at radius 2 is 1.65 bits per heavy atom. The average Bonchev–Trinajstić information content (AvgIpc) is 2.41. The molecule has 2 aromatic carbocycles. The van der Waals surface area contributed by atoms with Gasteiger partial charge in [0, 0.05) is 5.69 Å². The first kappa shape index (κ1) is 13.6. The summed E-state index contributed by atoms with van der Waals surface area (Å²) < 4.78 is 5.07. The normalized spacial score (nSPS) is 9.80. The lowest BCUT2D eigenvalue weighted by Gasteiger charge is -2.07. The van der Waals surface area contributed by atoms with Crippen molar-refractivity contribution in [1.29, 1.82) is 0 Å². The summed E-state index contributed by atoms with van der Waals surface area (Å²) >= 11 is 0. The van der Waals surface area contributed by atoms with E-state index >= 15 is 0 Å². The lowest BCUT2D eigenvalue weighted by molar-refractivity contribution is -0.136. The Morgan fingerprint density at radius 1 is 1.00 bits per heavy atom. The lowest BCUT2D eigenvalue weighted by Crippen LogP contribution is -2.16. The molecule has 0 aliphatic heterocycles. The number of carboxylic acid groups (broad SMARTS) is 1. The molecule has 2 N–H and O–H groups in total. The molecule has 0 atom stereocenters. The Morgan fingerprint density at radius 3 is 2.25 bits per heavy atom. The van der Waals surface area contributed by atoms with Crippen molar-refractivity contribution in [2.24, 2.45) is 0 Å². The van der Waals surface area contributed by atoms with Crippen LogP contribution in [0, 0.1) is 0 Å². The minimum absolute atomic E-state index is 0.0469. The van der Waals surface area contributed by atoms with Gasteiger partial charge in [-0.25, -0.2) is 4.79 Å². The maximum absolute atomic E-state index is 11.6. The number of amides is 1. The van der Waals surface area contributed by atoms with Gasteiger partial charge in [0.15, 0.2) is 0 Å². The van der Waals surface area contributed by atoms with E-state index in [9.17, 15) is 9.59 Å². The van der Waals surface area contributed by atoms with Gasteiger partial charge in [0.25, 0.3) is 0 Å². The maximum Gasteiger partial charge on any atom is 0.417 e. The van der Waals surface area contributed by atoms with Crippen molar-refractivity contribution < 1.29 is 19.4 Å². The zero-order valence-electron chi connectivity index (χ0n) is 10.6. The fourth-order valence-corrected chi connectivity index (χ4v) is 1.62. The van der Waals surface area contributed by atoms with Gasteiger partial charge in [-0.05, 0) is 29.8 Å². The van der Waals surface area contributed by atoms with Crippen LogP contribution in [-0.4, -0.2) is 17.2 Å². The lowest BCUT2D eigenvalue weighted by atomic mass is 10.1. The highest BCUT2D eigenvalue weighted by Gasteiger charge is 2.05. The number of nitrogens with one attached hydrogen (secondary N) is 1. The molecule has 0 aromatic heterocycles. The van der Waals surface area contributed by atoms with E-state index in [-0.39, 0.29) is 6.42 Å². The van der Waals surface area contributed by atoms with Crippen LogP contribution >= 0.6 is 0 Å². The second-order valence-electron chi connectivity index (χ2n) is 4.10. The summed E-state index contributed by atoms with van der Waals surface area (Å²) in [6.45, 7) is 0. The zero-order chi connectivity index (χ0) is 14.4. The number of carboxylic acids is 1. The quantitative estimate of drug-likeness (QED) is 0.896. The summed E-state index contributed by atoms with van der Waals surface area (Å²) in [5.74, 6) is -0.443. The number of carbonyl (C=O) groups is 2. The number of hydrogen-bond donors (Lipinski definition) is 2. The zero-order valence-corrected chi connectivity index (χ0v) is 10.6. The van der Waals surface area contributed by atoms with Gasteiger partial charge in [0.2, 0.25) is 0 Å². The molecular weight excluding hydrogens is 258 g/mol. The van der Waals surface area contributed by atoms with Crippen LogP contribution in [0.4, 0.5) is 10.5 Å². The van der Waals surface area contributed by atoms with Crippen LogP contribution in [0.15, 0.2) is 54.6 Å². The summed E-state index contributed by atoms with van der Waals surface area (Å²) in [5.41, 5.74) is 1.21. The van der Waals surface area contributed by atoms with Crippen molar-refractivity contribution in [3.05, 3.63) is 60.2 Å². The van der Waals surface area contributed by atoms with Crippen LogP contribution in [0.25, 0.3) is 0 Å². The van der Waals surface area contributed by atoms with Crippen molar-refractivity contribution in [3.63, 3.8) is 0 Å². The summed E-state index contributed by atoms with van der Waals surface area (Å²) in [5, 5.41) is 11.2. The molecule has 0 aliphatic rings. The number of anilines is 1. The molecule has 5 heteroatoms. The van der Waals surface area contributed by atoms with Gasteiger partial charge in [-0.1, -0.05) is 30.3 Å². The van der Waals surface area contributed by atoms with Crippen molar-refractivity contribution in [3.8, 4) is 5.75 Å². The SMILES string of the molecule is O=C(O)Cc1ccc(NC(=O)Oc2ccccc2)cc1. The minimum atomic E-state index is -0.894. The van der Waals surface area contributed by atoms with Gasteiger partial charge >= 0.3 is 12.1 Å². The summed E-state index contributed by atoms with van der Waals surface area (Å²) in [4.78, 5) is 22.2. The van der Waals surface area contributed by atoms with Gasteiger partial charge in [-0.3, -0.25) is 10.1 Å². The molecule has 0 bridgehead atoms. The van der Waals surface area contributed by atoms with Crippen molar-refractivity contribution in [2.75, 3.05) is 5.32 Å². The minimum Gasteiger partial charge on any atom is -0.481 e. The molecule has 1 amide bonds. The molecule has 2 rings (SSSR count). The Balaban J connectivity index is 1.93. The van der Waals surface area contributed by atoms with Gasteiger partial charge in [-0.15, -0.1) is 0 Å². The van der Waals surface area contributed by atoms with Gasteiger partial charge in [-0.2, -0.15) is 0 Å². The molecule has 0 spiro atoms. The van der Waals surface area contributed by atoms with Gasteiger partial charge in [0.1, 0.15) is 5.75 Å². The molecule has 0 aliphatic carbocycles. The number of rotatable bonds is 4. The first-order valence-corrected chi connectivity index (χ1v) is 5.98. The van der Waals surface area contributed by atoms with Crippen LogP contribution in [0.5, 0.6) is 5.75 Å². The topological polar surface area (TPSA) is 75.6 Å². The first-order valence-electron chi connectivity index (χ1n) is 5.98. The summed E-state index contributed by atoms with van der Waals surface area (Å²) in [6, 6.07) is 15.3. The van der Waals surface area contributed by atoms with Gasteiger partial charge in [0.05, 0.1) is 6.42 Å². The van der Waals surface area contributed by atoms with Crippen molar-refractivity contribution in [2.45, 2.75) is 6.42 Å². The third-order valence-electron chi connectivity index (χ3n) is 2.51. The number of ether oxygens (including phenoxy) is 1.